The largest absolute Gasteiger partial charge is 0.302 e. The van der Waals surface area contributed by atoms with Gasteiger partial charge in [0.05, 0.1) is 0 Å². The van der Waals surface area contributed by atoms with Gasteiger partial charge in [-0.05, 0) is 63.6 Å². The molecular formula is C15H28N2. The minimum atomic E-state index is 0.781. The summed E-state index contributed by atoms with van der Waals surface area (Å²) in [7, 11) is 4.69. The van der Waals surface area contributed by atoms with E-state index >= 15 is 0 Å². The standard InChI is InChI=1S/C15H28N2/c1-11-10-17(4)14(12(11)2)13-9-15(5-6-15)7-8-16(13)3/h11-14H,5-10H2,1-4H3. The fourth-order valence-electron chi connectivity index (χ4n) is 4.42. The Hall–Kier alpha value is -0.0800. The predicted octanol–water partition coefficient (Wildman–Crippen LogP) is 2.45. The van der Waals surface area contributed by atoms with Crippen molar-refractivity contribution in [1.29, 1.82) is 0 Å². The zero-order valence-corrected chi connectivity index (χ0v) is 11.9. The van der Waals surface area contributed by atoms with Crippen molar-refractivity contribution in [2.24, 2.45) is 17.3 Å². The Labute approximate surface area is 106 Å². The molecule has 2 aliphatic heterocycles. The van der Waals surface area contributed by atoms with E-state index in [2.05, 4.69) is 37.7 Å². The Morgan fingerprint density at radius 3 is 2.24 bits per heavy atom. The third kappa shape index (κ3) is 1.94. The molecule has 1 spiro atoms. The summed E-state index contributed by atoms with van der Waals surface area (Å²) in [6.07, 6.45) is 5.95. The zero-order valence-electron chi connectivity index (χ0n) is 11.9. The summed E-state index contributed by atoms with van der Waals surface area (Å²) in [5.41, 5.74) is 0.781. The van der Waals surface area contributed by atoms with Gasteiger partial charge in [-0.2, -0.15) is 0 Å². The van der Waals surface area contributed by atoms with Gasteiger partial charge in [0.15, 0.2) is 0 Å². The lowest BCUT2D eigenvalue weighted by atomic mass is 9.80. The molecular weight excluding hydrogens is 208 g/mol. The first kappa shape index (κ1) is 12.0. The summed E-state index contributed by atoms with van der Waals surface area (Å²) < 4.78 is 0. The Kier molecular flexibility index (Phi) is 2.79. The third-order valence-corrected chi connectivity index (χ3v) is 6.08. The smallest absolute Gasteiger partial charge is 0.0277 e. The van der Waals surface area contributed by atoms with Crippen molar-refractivity contribution in [2.75, 3.05) is 27.2 Å². The number of likely N-dealkylation sites (tertiary alicyclic amines) is 2. The number of piperidine rings is 1. The molecule has 2 saturated heterocycles. The highest BCUT2D eigenvalue weighted by Gasteiger charge is 2.51. The molecule has 0 bridgehead atoms. The number of rotatable bonds is 1. The molecule has 17 heavy (non-hydrogen) atoms. The van der Waals surface area contributed by atoms with Gasteiger partial charge in [0, 0.05) is 18.6 Å². The van der Waals surface area contributed by atoms with Crippen molar-refractivity contribution >= 4 is 0 Å². The highest BCUT2D eigenvalue weighted by Crippen LogP contribution is 2.56. The normalized spacial score (nSPS) is 46.6. The fourth-order valence-corrected chi connectivity index (χ4v) is 4.42. The summed E-state index contributed by atoms with van der Waals surface area (Å²) in [5.74, 6) is 1.73. The van der Waals surface area contributed by atoms with Crippen molar-refractivity contribution in [1.82, 2.24) is 9.80 Å². The maximum atomic E-state index is 2.65. The second-order valence-corrected chi connectivity index (χ2v) is 7.27. The molecule has 4 atom stereocenters. The van der Waals surface area contributed by atoms with E-state index < -0.39 is 0 Å². The summed E-state index contributed by atoms with van der Waals surface area (Å²) >= 11 is 0. The maximum absolute atomic E-state index is 2.65. The van der Waals surface area contributed by atoms with Crippen LogP contribution in [0.5, 0.6) is 0 Å². The van der Waals surface area contributed by atoms with Crippen LogP contribution in [-0.4, -0.2) is 49.1 Å². The van der Waals surface area contributed by atoms with E-state index in [1.54, 1.807) is 0 Å². The first-order chi connectivity index (χ1) is 8.02. The van der Waals surface area contributed by atoms with Gasteiger partial charge in [-0.3, -0.25) is 0 Å². The lowest BCUT2D eigenvalue weighted by Crippen LogP contribution is -2.53. The van der Waals surface area contributed by atoms with Crippen LogP contribution in [0, 0.1) is 17.3 Å². The second-order valence-electron chi connectivity index (χ2n) is 7.27. The Morgan fingerprint density at radius 2 is 1.71 bits per heavy atom. The van der Waals surface area contributed by atoms with Crippen molar-refractivity contribution in [2.45, 2.75) is 51.6 Å². The second kappa shape index (κ2) is 3.96. The van der Waals surface area contributed by atoms with E-state index in [1.165, 1.54) is 38.8 Å². The van der Waals surface area contributed by atoms with Gasteiger partial charge < -0.3 is 9.80 Å². The van der Waals surface area contributed by atoms with Crippen LogP contribution in [0.25, 0.3) is 0 Å². The van der Waals surface area contributed by atoms with Crippen LogP contribution < -0.4 is 0 Å². The Bertz CT molecular complexity index is 297. The van der Waals surface area contributed by atoms with Crippen molar-refractivity contribution in [3.05, 3.63) is 0 Å². The number of likely N-dealkylation sites (N-methyl/N-ethyl adjacent to an activating group) is 2. The molecule has 1 saturated carbocycles. The van der Waals surface area contributed by atoms with Crippen LogP contribution in [0.4, 0.5) is 0 Å². The van der Waals surface area contributed by atoms with Gasteiger partial charge in [0.25, 0.3) is 0 Å². The Balaban J connectivity index is 1.77. The van der Waals surface area contributed by atoms with Crippen LogP contribution in [0.15, 0.2) is 0 Å². The van der Waals surface area contributed by atoms with E-state index in [1.807, 2.05) is 0 Å². The molecule has 0 aromatic rings. The molecule has 1 aliphatic carbocycles. The van der Waals surface area contributed by atoms with Crippen LogP contribution in [-0.2, 0) is 0 Å². The topological polar surface area (TPSA) is 6.48 Å². The monoisotopic (exact) mass is 236 g/mol. The highest BCUT2D eigenvalue weighted by molar-refractivity contribution is 5.05. The van der Waals surface area contributed by atoms with Gasteiger partial charge in [0.2, 0.25) is 0 Å². The van der Waals surface area contributed by atoms with E-state index in [0.29, 0.717) is 0 Å². The first-order valence-corrected chi connectivity index (χ1v) is 7.43. The molecule has 4 unspecified atom stereocenters. The average Bonchev–Trinajstić information content (AvgIpc) is 2.98. The van der Waals surface area contributed by atoms with Crippen LogP contribution >= 0.6 is 0 Å². The molecule has 2 heteroatoms. The quantitative estimate of drug-likeness (QED) is 0.690. The number of hydrogen-bond acceptors (Lipinski definition) is 2. The molecule has 2 nitrogen and oxygen atoms in total. The molecule has 0 N–H and O–H groups in total. The summed E-state index contributed by atoms with van der Waals surface area (Å²) in [5, 5.41) is 0. The van der Waals surface area contributed by atoms with Gasteiger partial charge in [-0.25, -0.2) is 0 Å². The number of hydrogen-bond donors (Lipinski definition) is 0. The van der Waals surface area contributed by atoms with E-state index in [4.69, 9.17) is 0 Å². The van der Waals surface area contributed by atoms with E-state index in [-0.39, 0.29) is 0 Å². The van der Waals surface area contributed by atoms with Crippen LogP contribution in [0.1, 0.15) is 39.5 Å². The molecule has 3 fully saturated rings. The third-order valence-electron chi connectivity index (χ3n) is 6.08. The van der Waals surface area contributed by atoms with E-state index in [0.717, 1.165) is 29.3 Å². The minimum absolute atomic E-state index is 0.781. The summed E-state index contributed by atoms with van der Waals surface area (Å²) in [6.45, 7) is 7.52. The predicted molar refractivity (Wildman–Crippen MR) is 72.1 cm³/mol. The maximum Gasteiger partial charge on any atom is 0.0277 e. The van der Waals surface area contributed by atoms with Crippen LogP contribution in [0.2, 0.25) is 0 Å². The summed E-state index contributed by atoms with van der Waals surface area (Å²) in [4.78, 5) is 5.29. The SMILES string of the molecule is CC1CN(C)C(C2CC3(CCN2C)CC3)C1C. The minimum Gasteiger partial charge on any atom is -0.302 e. The first-order valence-electron chi connectivity index (χ1n) is 7.43. The van der Waals surface area contributed by atoms with Crippen molar-refractivity contribution in [3.8, 4) is 0 Å². The molecule has 3 aliphatic rings. The molecule has 98 valence electrons. The van der Waals surface area contributed by atoms with Gasteiger partial charge in [-0.1, -0.05) is 13.8 Å². The molecule has 3 rings (SSSR count). The average molecular weight is 236 g/mol. The van der Waals surface area contributed by atoms with Gasteiger partial charge in [-0.15, -0.1) is 0 Å². The van der Waals surface area contributed by atoms with Gasteiger partial charge >= 0.3 is 0 Å². The molecule has 0 radical (unpaired) electrons. The lowest BCUT2D eigenvalue weighted by Gasteiger charge is -2.44. The Morgan fingerprint density at radius 1 is 1.00 bits per heavy atom. The molecule has 0 aromatic carbocycles. The molecule has 0 aromatic heterocycles. The van der Waals surface area contributed by atoms with Crippen LogP contribution in [0.3, 0.4) is 0 Å². The lowest BCUT2D eigenvalue weighted by molar-refractivity contribution is 0.0564. The highest BCUT2D eigenvalue weighted by atomic mass is 15.3. The van der Waals surface area contributed by atoms with E-state index in [9.17, 15) is 0 Å². The van der Waals surface area contributed by atoms with Crippen molar-refractivity contribution < 1.29 is 0 Å². The molecule has 0 amide bonds. The summed E-state index contributed by atoms with van der Waals surface area (Å²) in [6, 6.07) is 1.61. The number of nitrogens with zero attached hydrogens (tertiary/aromatic N) is 2. The fraction of sp³-hybridized carbons (Fsp3) is 1.00. The zero-order chi connectivity index (χ0) is 12.2. The molecule has 2 heterocycles. The van der Waals surface area contributed by atoms with Crippen molar-refractivity contribution in [3.63, 3.8) is 0 Å². The van der Waals surface area contributed by atoms with Gasteiger partial charge in [0.1, 0.15) is 0 Å².